The molecule has 1 fully saturated rings. The molecule has 0 spiro atoms. The highest BCUT2D eigenvalue weighted by Gasteiger charge is 2.27. The van der Waals surface area contributed by atoms with E-state index >= 15 is 0 Å². The number of thiophene rings is 1. The van der Waals surface area contributed by atoms with Gasteiger partial charge < -0.3 is 10.6 Å². The van der Waals surface area contributed by atoms with E-state index in [2.05, 4.69) is 10.6 Å². The van der Waals surface area contributed by atoms with Crippen LogP contribution in [-0.4, -0.2) is 22.9 Å². The van der Waals surface area contributed by atoms with Crippen LogP contribution >= 0.6 is 23.1 Å². The quantitative estimate of drug-likeness (QED) is 0.839. The van der Waals surface area contributed by atoms with Crippen molar-refractivity contribution in [2.45, 2.75) is 11.7 Å². The molecule has 15 heavy (non-hydrogen) atoms. The molecule has 1 aromatic rings. The van der Waals surface area contributed by atoms with Gasteiger partial charge in [-0.3, -0.25) is 9.59 Å². The molecule has 1 aromatic heterocycles. The lowest BCUT2D eigenvalue weighted by Crippen LogP contribution is -2.26. The molecule has 2 amide bonds. The lowest BCUT2D eigenvalue weighted by molar-refractivity contribution is -0.123. The molecule has 2 rings (SSSR count). The summed E-state index contributed by atoms with van der Waals surface area (Å²) in [5.74, 6) is 0.457. The summed E-state index contributed by atoms with van der Waals surface area (Å²) >= 11 is 3.00. The molecule has 1 aliphatic rings. The third-order valence-electron chi connectivity index (χ3n) is 2.00. The first-order valence-electron chi connectivity index (χ1n) is 4.47. The first kappa shape index (κ1) is 10.5. The van der Waals surface area contributed by atoms with E-state index in [1.165, 1.54) is 23.1 Å². The summed E-state index contributed by atoms with van der Waals surface area (Å²) in [7, 11) is 0. The van der Waals surface area contributed by atoms with Gasteiger partial charge >= 0.3 is 0 Å². The van der Waals surface area contributed by atoms with Crippen molar-refractivity contribution < 1.29 is 9.59 Å². The SMILES string of the molecule is O=C(CC1SCNC1=O)Nc1ccsc1. The number of carbonyl (C=O) groups is 2. The summed E-state index contributed by atoms with van der Waals surface area (Å²) in [5, 5.41) is 8.95. The van der Waals surface area contributed by atoms with Crippen molar-refractivity contribution in [2.24, 2.45) is 0 Å². The van der Waals surface area contributed by atoms with Gasteiger partial charge in [0.25, 0.3) is 0 Å². The molecule has 80 valence electrons. The number of hydrogen-bond acceptors (Lipinski definition) is 4. The summed E-state index contributed by atoms with van der Waals surface area (Å²) in [4.78, 5) is 22.7. The molecule has 0 saturated carbocycles. The number of hydrogen-bond donors (Lipinski definition) is 2. The fourth-order valence-electron chi connectivity index (χ4n) is 1.27. The van der Waals surface area contributed by atoms with Crippen LogP contribution in [0.3, 0.4) is 0 Å². The normalized spacial score (nSPS) is 20.0. The predicted molar refractivity (Wildman–Crippen MR) is 62.0 cm³/mol. The third-order valence-corrected chi connectivity index (χ3v) is 3.78. The second-order valence-corrected chi connectivity index (χ2v) is 5.08. The van der Waals surface area contributed by atoms with Crippen LogP contribution in [0.25, 0.3) is 0 Å². The highest BCUT2D eigenvalue weighted by Crippen LogP contribution is 2.20. The Bertz CT molecular complexity index is 364. The highest BCUT2D eigenvalue weighted by atomic mass is 32.2. The fraction of sp³-hybridized carbons (Fsp3) is 0.333. The van der Waals surface area contributed by atoms with E-state index in [1.807, 2.05) is 16.8 Å². The predicted octanol–water partition coefficient (Wildman–Crippen LogP) is 1.27. The maximum atomic E-state index is 11.5. The van der Waals surface area contributed by atoms with Crippen LogP contribution < -0.4 is 10.6 Å². The van der Waals surface area contributed by atoms with E-state index in [9.17, 15) is 9.59 Å². The van der Waals surface area contributed by atoms with Gasteiger partial charge in [0.1, 0.15) is 0 Å². The van der Waals surface area contributed by atoms with Gasteiger partial charge in [0.2, 0.25) is 11.8 Å². The molecule has 0 aliphatic carbocycles. The molecule has 1 saturated heterocycles. The van der Waals surface area contributed by atoms with Gasteiger partial charge in [0.05, 0.1) is 16.8 Å². The number of rotatable bonds is 3. The molecule has 1 unspecified atom stereocenters. The molecule has 1 atom stereocenters. The average molecular weight is 242 g/mol. The fourth-order valence-corrected chi connectivity index (χ4v) is 2.79. The van der Waals surface area contributed by atoms with E-state index in [0.29, 0.717) is 5.88 Å². The van der Waals surface area contributed by atoms with Crippen LogP contribution in [-0.2, 0) is 9.59 Å². The minimum Gasteiger partial charge on any atom is -0.346 e. The van der Waals surface area contributed by atoms with Crippen molar-refractivity contribution in [1.29, 1.82) is 0 Å². The zero-order chi connectivity index (χ0) is 10.7. The molecule has 0 bridgehead atoms. The van der Waals surface area contributed by atoms with Crippen molar-refractivity contribution in [3.63, 3.8) is 0 Å². The van der Waals surface area contributed by atoms with Crippen LogP contribution in [0.2, 0.25) is 0 Å². The highest BCUT2D eigenvalue weighted by molar-refractivity contribution is 8.01. The Labute approximate surface area is 95.4 Å². The lowest BCUT2D eigenvalue weighted by Gasteiger charge is -2.05. The number of carbonyl (C=O) groups excluding carboxylic acids is 2. The molecule has 6 heteroatoms. The van der Waals surface area contributed by atoms with Crippen LogP contribution in [0, 0.1) is 0 Å². The Kier molecular flexibility index (Phi) is 3.27. The van der Waals surface area contributed by atoms with Crippen LogP contribution in [0.4, 0.5) is 5.69 Å². The molecular formula is C9H10N2O2S2. The summed E-state index contributed by atoms with van der Waals surface area (Å²) in [6, 6.07) is 1.84. The van der Waals surface area contributed by atoms with E-state index in [1.54, 1.807) is 0 Å². The van der Waals surface area contributed by atoms with E-state index in [4.69, 9.17) is 0 Å². The van der Waals surface area contributed by atoms with E-state index < -0.39 is 0 Å². The number of anilines is 1. The second kappa shape index (κ2) is 4.67. The zero-order valence-electron chi connectivity index (χ0n) is 7.86. The Morgan fingerprint density at radius 1 is 1.67 bits per heavy atom. The summed E-state index contributed by atoms with van der Waals surface area (Å²) < 4.78 is 0. The van der Waals surface area contributed by atoms with Crippen molar-refractivity contribution in [1.82, 2.24) is 5.32 Å². The lowest BCUT2D eigenvalue weighted by atomic mass is 10.2. The molecule has 2 N–H and O–H groups in total. The second-order valence-electron chi connectivity index (χ2n) is 3.10. The third kappa shape index (κ3) is 2.73. The first-order valence-corrected chi connectivity index (χ1v) is 6.46. The smallest absolute Gasteiger partial charge is 0.234 e. The minimum absolute atomic E-state index is 0.0412. The summed E-state index contributed by atoms with van der Waals surface area (Å²) in [6.07, 6.45) is 0.242. The molecular weight excluding hydrogens is 232 g/mol. The Morgan fingerprint density at radius 2 is 2.53 bits per heavy atom. The first-order chi connectivity index (χ1) is 7.25. The topological polar surface area (TPSA) is 58.2 Å². The molecule has 1 aliphatic heterocycles. The van der Waals surface area contributed by atoms with Gasteiger partial charge in [-0.05, 0) is 11.4 Å². The van der Waals surface area contributed by atoms with Crippen molar-refractivity contribution in [3.8, 4) is 0 Å². The minimum atomic E-state index is -0.233. The summed E-state index contributed by atoms with van der Waals surface area (Å²) in [5.41, 5.74) is 0.799. The van der Waals surface area contributed by atoms with E-state index in [0.717, 1.165) is 5.69 Å². The summed E-state index contributed by atoms with van der Waals surface area (Å²) in [6.45, 7) is 0. The van der Waals surface area contributed by atoms with E-state index in [-0.39, 0.29) is 23.5 Å². The largest absolute Gasteiger partial charge is 0.346 e. The monoisotopic (exact) mass is 242 g/mol. The standard InChI is InChI=1S/C9H10N2O2S2/c12-8(11-6-1-2-14-4-6)3-7-9(13)10-5-15-7/h1-2,4,7H,3,5H2,(H,10,13)(H,11,12). The van der Waals surface area contributed by atoms with Crippen LogP contribution in [0.15, 0.2) is 16.8 Å². The van der Waals surface area contributed by atoms with Crippen molar-refractivity contribution in [2.75, 3.05) is 11.2 Å². The van der Waals surface area contributed by atoms with Crippen LogP contribution in [0.1, 0.15) is 6.42 Å². The van der Waals surface area contributed by atoms with Gasteiger partial charge in [-0.1, -0.05) is 0 Å². The zero-order valence-corrected chi connectivity index (χ0v) is 9.49. The van der Waals surface area contributed by atoms with Crippen LogP contribution in [0.5, 0.6) is 0 Å². The molecule has 2 heterocycles. The number of nitrogens with one attached hydrogen (secondary N) is 2. The van der Waals surface area contributed by atoms with Crippen molar-refractivity contribution in [3.05, 3.63) is 16.8 Å². The molecule has 4 nitrogen and oxygen atoms in total. The number of amides is 2. The Hall–Kier alpha value is -1.01. The van der Waals surface area contributed by atoms with Gasteiger partial charge in [0, 0.05) is 11.8 Å². The van der Waals surface area contributed by atoms with Gasteiger partial charge in [-0.15, -0.1) is 11.8 Å². The van der Waals surface area contributed by atoms with Crippen molar-refractivity contribution >= 4 is 40.6 Å². The number of thioether (sulfide) groups is 1. The molecule has 0 radical (unpaired) electrons. The Balaban J connectivity index is 1.84. The van der Waals surface area contributed by atoms with Gasteiger partial charge in [-0.2, -0.15) is 11.3 Å². The Morgan fingerprint density at radius 3 is 3.13 bits per heavy atom. The average Bonchev–Trinajstić information content (AvgIpc) is 2.79. The van der Waals surface area contributed by atoms with Gasteiger partial charge in [0.15, 0.2) is 0 Å². The maximum absolute atomic E-state index is 11.5. The maximum Gasteiger partial charge on any atom is 0.234 e. The van der Waals surface area contributed by atoms with Gasteiger partial charge in [-0.25, -0.2) is 0 Å². The molecule has 0 aromatic carbocycles.